The fraction of sp³-hybridized carbons (Fsp3) is 1.00. The lowest BCUT2D eigenvalue weighted by molar-refractivity contribution is -0.135. The molecule has 5 heteroatoms. The molecule has 0 rings (SSSR count). The third-order valence-electron chi connectivity index (χ3n) is 2.14. The minimum atomic E-state index is -4.01. The third-order valence-corrected chi connectivity index (χ3v) is 3.40. The molecule has 0 aliphatic heterocycles. The zero-order chi connectivity index (χ0) is 12.6. The summed E-state index contributed by atoms with van der Waals surface area (Å²) < 4.78 is 35.9. The lowest BCUT2D eigenvalue weighted by atomic mass is 10.1. The van der Waals surface area contributed by atoms with Crippen molar-refractivity contribution in [1.82, 2.24) is 5.32 Å². The molecule has 1 unspecified atom stereocenters. The van der Waals surface area contributed by atoms with Crippen LogP contribution in [-0.2, 0) is 0 Å². The van der Waals surface area contributed by atoms with Crippen LogP contribution in [0.25, 0.3) is 0 Å². The summed E-state index contributed by atoms with van der Waals surface area (Å²) in [5.41, 5.74) is 0. The molecule has 1 nitrogen and oxygen atoms in total. The van der Waals surface area contributed by atoms with Crippen molar-refractivity contribution in [3.63, 3.8) is 0 Å². The minimum absolute atomic E-state index is 0.208. The molecule has 1 atom stereocenters. The molecule has 0 fully saturated rings. The SMILES string of the molecule is CCNC(CCCC(F)(F)F)CSC(C)C. The Hall–Kier alpha value is 0.100. The third kappa shape index (κ3) is 10.6. The van der Waals surface area contributed by atoms with Gasteiger partial charge in [-0.2, -0.15) is 24.9 Å². The van der Waals surface area contributed by atoms with Gasteiger partial charge in [0, 0.05) is 18.2 Å². The molecule has 0 radical (unpaired) electrons. The Morgan fingerprint density at radius 1 is 1.25 bits per heavy atom. The van der Waals surface area contributed by atoms with Crippen LogP contribution in [0.15, 0.2) is 0 Å². The average molecular weight is 257 g/mol. The molecule has 16 heavy (non-hydrogen) atoms. The molecule has 0 amide bonds. The van der Waals surface area contributed by atoms with Gasteiger partial charge in [-0.05, 0) is 24.6 Å². The second kappa shape index (κ2) is 8.23. The average Bonchev–Trinajstić information content (AvgIpc) is 2.12. The molecule has 0 aromatic heterocycles. The predicted octanol–water partition coefficient (Wildman–Crippen LogP) is 3.84. The summed E-state index contributed by atoms with van der Waals surface area (Å²) >= 11 is 1.79. The van der Waals surface area contributed by atoms with Gasteiger partial charge < -0.3 is 5.32 Å². The Labute approximate surface area is 101 Å². The molecular formula is C11H22F3NS. The maximum Gasteiger partial charge on any atom is 0.389 e. The molecule has 0 aromatic carbocycles. The van der Waals surface area contributed by atoms with Gasteiger partial charge in [-0.3, -0.25) is 0 Å². The van der Waals surface area contributed by atoms with Crippen LogP contribution < -0.4 is 5.32 Å². The Kier molecular flexibility index (Phi) is 8.28. The number of thioether (sulfide) groups is 1. The molecule has 1 N–H and O–H groups in total. The fourth-order valence-corrected chi connectivity index (χ4v) is 2.29. The second-order valence-corrected chi connectivity index (χ2v) is 5.75. The quantitative estimate of drug-likeness (QED) is 0.709. The number of hydrogen-bond donors (Lipinski definition) is 1. The summed E-state index contributed by atoms with van der Waals surface area (Å²) in [6, 6.07) is 0.208. The first-order chi connectivity index (χ1) is 7.35. The minimum Gasteiger partial charge on any atom is -0.313 e. The Morgan fingerprint density at radius 2 is 1.88 bits per heavy atom. The Morgan fingerprint density at radius 3 is 2.31 bits per heavy atom. The van der Waals surface area contributed by atoms with Gasteiger partial charge in [-0.15, -0.1) is 0 Å². The summed E-state index contributed by atoms with van der Waals surface area (Å²) in [6.45, 7) is 7.00. The van der Waals surface area contributed by atoms with E-state index in [1.54, 1.807) is 11.8 Å². The summed E-state index contributed by atoms with van der Waals surface area (Å²) in [5.74, 6) is 0.892. The highest BCUT2D eigenvalue weighted by Gasteiger charge is 2.26. The van der Waals surface area contributed by atoms with Crippen molar-refractivity contribution in [3.05, 3.63) is 0 Å². The first-order valence-corrected chi connectivity index (χ1v) is 6.81. The number of hydrogen-bond acceptors (Lipinski definition) is 2. The van der Waals surface area contributed by atoms with Crippen molar-refractivity contribution in [3.8, 4) is 0 Å². The molecule has 0 aromatic rings. The highest BCUT2D eigenvalue weighted by molar-refractivity contribution is 7.99. The van der Waals surface area contributed by atoms with Crippen molar-refractivity contribution in [2.24, 2.45) is 0 Å². The summed E-state index contributed by atoms with van der Waals surface area (Å²) in [7, 11) is 0. The lowest BCUT2D eigenvalue weighted by Gasteiger charge is -2.19. The monoisotopic (exact) mass is 257 g/mol. The van der Waals surface area contributed by atoms with Crippen molar-refractivity contribution in [2.45, 2.75) is 57.5 Å². The van der Waals surface area contributed by atoms with Crippen molar-refractivity contribution >= 4 is 11.8 Å². The Balaban J connectivity index is 3.76. The van der Waals surface area contributed by atoms with Gasteiger partial charge >= 0.3 is 6.18 Å². The van der Waals surface area contributed by atoms with Crippen LogP contribution in [0.4, 0.5) is 13.2 Å². The summed E-state index contributed by atoms with van der Waals surface area (Å²) in [5, 5.41) is 3.77. The largest absolute Gasteiger partial charge is 0.389 e. The summed E-state index contributed by atoms with van der Waals surface area (Å²) in [4.78, 5) is 0. The first-order valence-electron chi connectivity index (χ1n) is 5.77. The van der Waals surface area contributed by atoms with E-state index in [0.29, 0.717) is 11.7 Å². The lowest BCUT2D eigenvalue weighted by Crippen LogP contribution is -2.31. The molecule has 0 aliphatic rings. The van der Waals surface area contributed by atoms with Crippen molar-refractivity contribution < 1.29 is 13.2 Å². The van der Waals surface area contributed by atoms with Crippen LogP contribution in [-0.4, -0.2) is 29.8 Å². The van der Waals surface area contributed by atoms with Gasteiger partial charge in [0.25, 0.3) is 0 Å². The van der Waals surface area contributed by atoms with Crippen LogP contribution >= 0.6 is 11.8 Å². The Bertz CT molecular complexity index is 171. The highest BCUT2D eigenvalue weighted by atomic mass is 32.2. The van der Waals surface area contributed by atoms with Crippen LogP contribution in [0.3, 0.4) is 0 Å². The van der Waals surface area contributed by atoms with E-state index in [1.165, 1.54) is 0 Å². The van der Waals surface area contributed by atoms with Gasteiger partial charge in [0.15, 0.2) is 0 Å². The predicted molar refractivity (Wildman–Crippen MR) is 65.0 cm³/mol. The van der Waals surface area contributed by atoms with E-state index >= 15 is 0 Å². The zero-order valence-electron chi connectivity index (χ0n) is 10.2. The van der Waals surface area contributed by atoms with Gasteiger partial charge in [-0.1, -0.05) is 20.8 Å². The second-order valence-electron chi connectivity index (χ2n) is 4.14. The standard InChI is InChI=1S/C11H22F3NS/c1-4-15-10(8-16-9(2)3)6-5-7-11(12,13)14/h9-10,15H,4-8H2,1-3H3. The smallest absolute Gasteiger partial charge is 0.313 e. The van der Waals surface area contributed by atoms with E-state index in [1.807, 2.05) is 6.92 Å². The van der Waals surface area contributed by atoms with Gasteiger partial charge in [0.2, 0.25) is 0 Å². The van der Waals surface area contributed by atoms with E-state index in [2.05, 4.69) is 19.2 Å². The van der Waals surface area contributed by atoms with Crippen LogP contribution in [0.2, 0.25) is 0 Å². The number of rotatable bonds is 8. The van der Waals surface area contributed by atoms with Gasteiger partial charge in [0.1, 0.15) is 0 Å². The van der Waals surface area contributed by atoms with E-state index in [4.69, 9.17) is 0 Å². The van der Waals surface area contributed by atoms with E-state index in [0.717, 1.165) is 12.3 Å². The highest BCUT2D eigenvalue weighted by Crippen LogP contribution is 2.23. The van der Waals surface area contributed by atoms with Crippen molar-refractivity contribution in [1.29, 1.82) is 0 Å². The summed E-state index contributed by atoms with van der Waals surface area (Å²) in [6.07, 6.45) is -3.85. The molecule has 0 saturated heterocycles. The molecular weight excluding hydrogens is 235 g/mol. The molecule has 0 heterocycles. The number of nitrogens with one attached hydrogen (secondary N) is 1. The number of alkyl halides is 3. The first kappa shape index (κ1) is 16.1. The van der Waals surface area contributed by atoms with E-state index in [-0.39, 0.29) is 12.5 Å². The van der Waals surface area contributed by atoms with Crippen LogP contribution in [0.5, 0.6) is 0 Å². The van der Waals surface area contributed by atoms with E-state index < -0.39 is 12.6 Å². The molecule has 98 valence electrons. The topological polar surface area (TPSA) is 12.0 Å². The zero-order valence-corrected chi connectivity index (χ0v) is 11.0. The van der Waals surface area contributed by atoms with Gasteiger partial charge in [-0.25, -0.2) is 0 Å². The maximum absolute atomic E-state index is 12.0. The molecule has 0 aliphatic carbocycles. The maximum atomic E-state index is 12.0. The molecule has 0 saturated carbocycles. The number of halogens is 3. The van der Waals surface area contributed by atoms with Crippen LogP contribution in [0.1, 0.15) is 40.0 Å². The fourth-order valence-electron chi connectivity index (χ4n) is 1.39. The van der Waals surface area contributed by atoms with Crippen molar-refractivity contribution in [2.75, 3.05) is 12.3 Å². The van der Waals surface area contributed by atoms with Gasteiger partial charge in [0.05, 0.1) is 0 Å². The van der Waals surface area contributed by atoms with Crippen LogP contribution in [0, 0.1) is 0 Å². The van der Waals surface area contributed by atoms with E-state index in [9.17, 15) is 13.2 Å². The normalized spacial score (nSPS) is 14.4. The molecule has 0 bridgehead atoms. The molecule has 0 spiro atoms.